The van der Waals surface area contributed by atoms with Crippen LogP contribution in [-0.2, 0) is 4.79 Å². The van der Waals surface area contributed by atoms with E-state index in [0.29, 0.717) is 6.54 Å². The first-order valence-corrected chi connectivity index (χ1v) is 10.9. The van der Waals surface area contributed by atoms with E-state index in [0.717, 1.165) is 35.9 Å². The third-order valence-electron chi connectivity index (χ3n) is 6.48. The van der Waals surface area contributed by atoms with Crippen LogP contribution in [0.25, 0.3) is 11.1 Å². The molecule has 2 aromatic rings. The van der Waals surface area contributed by atoms with Gasteiger partial charge in [0.05, 0.1) is 6.04 Å². The summed E-state index contributed by atoms with van der Waals surface area (Å²) in [5.74, 6) is 0.125. The van der Waals surface area contributed by atoms with E-state index < -0.39 is 0 Å². The molecule has 0 atom stereocenters. The Bertz CT molecular complexity index is 762. The maximum atomic E-state index is 12.7. The standard InChI is InChI=1S/C24H31N3O/c28-24(19-26-15-17-27(18-16-26)21-11-5-2-6-12-21)25-23-14-8-7-13-22(23)20-9-3-1-4-10-20/h1,3-4,7-10,13-14,21H,2,5-6,11-12,15-19H2,(H,25,28)/p+2. The maximum absolute atomic E-state index is 12.7. The van der Waals surface area contributed by atoms with Crippen molar-refractivity contribution in [3.63, 3.8) is 0 Å². The Kier molecular flexibility index (Phi) is 6.40. The van der Waals surface area contributed by atoms with Gasteiger partial charge in [0.1, 0.15) is 26.2 Å². The highest BCUT2D eigenvalue weighted by Gasteiger charge is 2.31. The van der Waals surface area contributed by atoms with Crippen molar-refractivity contribution >= 4 is 11.6 Å². The smallest absolute Gasteiger partial charge is 0.279 e. The summed E-state index contributed by atoms with van der Waals surface area (Å²) in [6.45, 7) is 5.22. The van der Waals surface area contributed by atoms with Gasteiger partial charge in [-0.15, -0.1) is 0 Å². The van der Waals surface area contributed by atoms with Crippen LogP contribution in [0.2, 0.25) is 0 Å². The van der Waals surface area contributed by atoms with Crippen LogP contribution >= 0.6 is 0 Å². The zero-order valence-electron chi connectivity index (χ0n) is 16.8. The normalized spacial score (nSPS) is 23.3. The molecule has 1 aliphatic heterocycles. The Balaban J connectivity index is 1.31. The Morgan fingerprint density at radius 2 is 1.54 bits per heavy atom. The monoisotopic (exact) mass is 379 g/mol. The predicted molar refractivity (Wildman–Crippen MR) is 114 cm³/mol. The molecule has 0 spiro atoms. The second kappa shape index (κ2) is 9.35. The first-order valence-electron chi connectivity index (χ1n) is 10.9. The van der Waals surface area contributed by atoms with Crippen LogP contribution in [0, 0.1) is 0 Å². The maximum Gasteiger partial charge on any atom is 0.279 e. The van der Waals surface area contributed by atoms with Crippen molar-refractivity contribution in [3.05, 3.63) is 54.6 Å². The summed E-state index contributed by atoms with van der Waals surface area (Å²) in [7, 11) is 0. The molecule has 3 N–H and O–H groups in total. The number of carbonyl (C=O) groups excluding carboxylic acids is 1. The highest BCUT2D eigenvalue weighted by atomic mass is 16.2. The van der Waals surface area contributed by atoms with Gasteiger partial charge in [0.15, 0.2) is 6.54 Å². The van der Waals surface area contributed by atoms with Crippen LogP contribution in [0.3, 0.4) is 0 Å². The van der Waals surface area contributed by atoms with Crippen molar-refractivity contribution in [3.8, 4) is 11.1 Å². The number of hydrogen-bond acceptors (Lipinski definition) is 1. The molecule has 0 aromatic heterocycles. The molecule has 2 aromatic carbocycles. The molecule has 1 amide bonds. The molecule has 28 heavy (non-hydrogen) atoms. The summed E-state index contributed by atoms with van der Waals surface area (Å²) in [6, 6.07) is 19.2. The van der Waals surface area contributed by atoms with Crippen molar-refractivity contribution < 1.29 is 14.6 Å². The van der Waals surface area contributed by atoms with Gasteiger partial charge in [-0.3, -0.25) is 4.79 Å². The molecule has 1 saturated heterocycles. The third-order valence-corrected chi connectivity index (χ3v) is 6.48. The van der Waals surface area contributed by atoms with Gasteiger partial charge in [0.2, 0.25) is 0 Å². The molecular formula is C24H33N3O+2. The van der Waals surface area contributed by atoms with E-state index in [-0.39, 0.29) is 5.91 Å². The number of hydrogen-bond donors (Lipinski definition) is 3. The number of para-hydroxylation sites is 1. The summed E-state index contributed by atoms with van der Waals surface area (Å²) >= 11 is 0. The zero-order chi connectivity index (χ0) is 19.2. The van der Waals surface area contributed by atoms with Crippen molar-refractivity contribution in [2.45, 2.75) is 38.1 Å². The van der Waals surface area contributed by atoms with Crippen LogP contribution in [0.15, 0.2) is 54.6 Å². The molecule has 0 unspecified atom stereocenters. The lowest BCUT2D eigenvalue weighted by Gasteiger charge is -2.36. The molecule has 1 aliphatic carbocycles. The van der Waals surface area contributed by atoms with E-state index in [4.69, 9.17) is 0 Å². The SMILES string of the molecule is O=C(C[NH+]1CC[NH+](C2CCCCC2)CC1)Nc1ccccc1-c1ccccc1. The fourth-order valence-electron chi connectivity index (χ4n) is 4.90. The molecular weight excluding hydrogens is 346 g/mol. The first kappa shape index (κ1) is 19.2. The lowest BCUT2D eigenvalue weighted by atomic mass is 9.94. The number of nitrogens with one attached hydrogen (secondary N) is 3. The number of rotatable bonds is 5. The number of quaternary nitrogens is 2. The summed E-state index contributed by atoms with van der Waals surface area (Å²) in [4.78, 5) is 15.9. The topological polar surface area (TPSA) is 38.0 Å². The van der Waals surface area contributed by atoms with Gasteiger partial charge in [0, 0.05) is 11.3 Å². The second-order valence-electron chi connectivity index (χ2n) is 8.38. The molecule has 0 bridgehead atoms. The lowest BCUT2D eigenvalue weighted by Crippen LogP contribution is -3.30. The van der Waals surface area contributed by atoms with E-state index in [9.17, 15) is 4.79 Å². The number of carbonyl (C=O) groups is 1. The minimum absolute atomic E-state index is 0.125. The summed E-state index contributed by atoms with van der Waals surface area (Å²) in [5.41, 5.74) is 3.12. The second-order valence-corrected chi connectivity index (χ2v) is 8.38. The largest absolute Gasteiger partial charge is 0.323 e. The molecule has 4 rings (SSSR count). The first-order chi connectivity index (χ1) is 13.8. The van der Waals surface area contributed by atoms with Crippen molar-refractivity contribution in [2.24, 2.45) is 0 Å². The molecule has 4 heteroatoms. The molecule has 1 heterocycles. The van der Waals surface area contributed by atoms with Crippen LogP contribution < -0.4 is 15.1 Å². The van der Waals surface area contributed by atoms with Crippen LogP contribution in [-0.4, -0.2) is 44.7 Å². The number of piperazine rings is 1. The lowest BCUT2D eigenvalue weighted by molar-refractivity contribution is -1.02. The van der Waals surface area contributed by atoms with E-state index in [1.165, 1.54) is 50.1 Å². The average Bonchev–Trinajstić information content (AvgIpc) is 2.76. The molecule has 2 fully saturated rings. The van der Waals surface area contributed by atoms with Crippen LogP contribution in [0.1, 0.15) is 32.1 Å². The average molecular weight is 380 g/mol. The molecule has 148 valence electrons. The minimum atomic E-state index is 0.125. The fraction of sp³-hybridized carbons (Fsp3) is 0.458. The van der Waals surface area contributed by atoms with Gasteiger partial charge in [-0.05, 0) is 37.3 Å². The van der Waals surface area contributed by atoms with Crippen LogP contribution in [0.4, 0.5) is 5.69 Å². The van der Waals surface area contributed by atoms with E-state index in [1.807, 2.05) is 36.4 Å². The van der Waals surface area contributed by atoms with Crippen molar-refractivity contribution in [2.75, 3.05) is 38.0 Å². The van der Waals surface area contributed by atoms with Gasteiger partial charge < -0.3 is 15.1 Å². The van der Waals surface area contributed by atoms with Gasteiger partial charge in [-0.2, -0.15) is 0 Å². The van der Waals surface area contributed by atoms with Gasteiger partial charge in [0.25, 0.3) is 5.91 Å². The van der Waals surface area contributed by atoms with Gasteiger partial charge >= 0.3 is 0 Å². The molecule has 4 nitrogen and oxygen atoms in total. The number of benzene rings is 2. The Morgan fingerprint density at radius 1 is 0.857 bits per heavy atom. The van der Waals surface area contributed by atoms with Crippen LogP contribution in [0.5, 0.6) is 0 Å². The molecule has 1 saturated carbocycles. The Hall–Kier alpha value is -2.17. The van der Waals surface area contributed by atoms with Gasteiger partial charge in [-0.25, -0.2) is 0 Å². The highest BCUT2D eigenvalue weighted by Crippen LogP contribution is 2.27. The minimum Gasteiger partial charge on any atom is -0.323 e. The third kappa shape index (κ3) is 4.81. The molecule has 0 radical (unpaired) electrons. The number of anilines is 1. The fourth-order valence-corrected chi connectivity index (χ4v) is 4.90. The molecule has 2 aliphatic rings. The summed E-state index contributed by atoms with van der Waals surface area (Å²) < 4.78 is 0. The highest BCUT2D eigenvalue weighted by molar-refractivity contribution is 5.96. The predicted octanol–water partition coefficient (Wildman–Crippen LogP) is 1.41. The summed E-state index contributed by atoms with van der Waals surface area (Å²) in [5, 5.41) is 3.16. The zero-order valence-corrected chi connectivity index (χ0v) is 16.8. The van der Waals surface area contributed by atoms with E-state index in [1.54, 1.807) is 4.90 Å². The van der Waals surface area contributed by atoms with Crippen molar-refractivity contribution in [1.82, 2.24) is 0 Å². The van der Waals surface area contributed by atoms with E-state index in [2.05, 4.69) is 23.5 Å². The summed E-state index contributed by atoms with van der Waals surface area (Å²) in [6.07, 6.45) is 7.05. The Morgan fingerprint density at radius 3 is 2.29 bits per heavy atom. The number of amides is 1. The van der Waals surface area contributed by atoms with E-state index >= 15 is 0 Å². The van der Waals surface area contributed by atoms with Gasteiger partial charge in [-0.1, -0.05) is 55.0 Å². The van der Waals surface area contributed by atoms with Crippen molar-refractivity contribution in [1.29, 1.82) is 0 Å². The quantitative estimate of drug-likeness (QED) is 0.722. The Labute approximate surface area is 168 Å².